The van der Waals surface area contributed by atoms with Crippen LogP contribution in [0.4, 0.5) is 11.4 Å². The van der Waals surface area contributed by atoms with Gasteiger partial charge in [-0.25, -0.2) is 0 Å². The van der Waals surface area contributed by atoms with Crippen molar-refractivity contribution in [3.8, 4) is 0 Å². The Balaban J connectivity index is 1.50. The fraction of sp³-hybridized carbons (Fsp3) is 0.500. The Hall–Kier alpha value is -1.88. The molecule has 5 nitrogen and oxygen atoms in total. The third-order valence-corrected chi connectivity index (χ3v) is 4.26. The van der Waals surface area contributed by atoms with E-state index < -0.39 is 0 Å². The highest BCUT2D eigenvalue weighted by Crippen LogP contribution is 2.26. The second-order valence-electron chi connectivity index (χ2n) is 5.88. The number of nitrogens with one attached hydrogen (secondary N) is 3. The fourth-order valence-electron chi connectivity index (χ4n) is 3.02. The van der Waals surface area contributed by atoms with Crippen LogP contribution in [0.1, 0.15) is 31.2 Å². The van der Waals surface area contributed by atoms with Crippen LogP contribution in [0.15, 0.2) is 18.2 Å². The van der Waals surface area contributed by atoms with E-state index in [-0.39, 0.29) is 11.8 Å². The van der Waals surface area contributed by atoms with Gasteiger partial charge in [0.15, 0.2) is 0 Å². The number of amides is 2. The Morgan fingerprint density at radius 1 is 1.29 bits per heavy atom. The van der Waals surface area contributed by atoms with Gasteiger partial charge in [-0.1, -0.05) is 6.07 Å². The second-order valence-corrected chi connectivity index (χ2v) is 5.88. The van der Waals surface area contributed by atoms with Crippen molar-refractivity contribution in [1.82, 2.24) is 5.32 Å². The molecule has 2 aliphatic rings. The molecular weight excluding hydrogens is 266 g/mol. The molecule has 0 spiro atoms. The normalized spacial score (nSPS) is 18.2. The van der Waals surface area contributed by atoms with Crippen LogP contribution in [-0.4, -0.2) is 24.9 Å². The lowest BCUT2D eigenvalue weighted by atomic mass is 9.93. The van der Waals surface area contributed by atoms with Crippen LogP contribution in [0.25, 0.3) is 0 Å². The average molecular weight is 287 g/mol. The lowest BCUT2D eigenvalue weighted by Gasteiger charge is -2.22. The summed E-state index contributed by atoms with van der Waals surface area (Å²) < 4.78 is 0. The second kappa shape index (κ2) is 6.26. The van der Waals surface area contributed by atoms with E-state index in [2.05, 4.69) is 16.0 Å². The van der Waals surface area contributed by atoms with Gasteiger partial charge in [0.05, 0.1) is 6.42 Å². The standard InChI is InChI=1S/C16H21N3O2/c20-15(4-1-11-5-7-17-8-6-11)18-13-3-2-12-9-16(21)19-14(12)10-13/h2-3,10-11,17H,1,4-9H2,(H,18,20)(H,19,21). The summed E-state index contributed by atoms with van der Waals surface area (Å²) in [5.74, 6) is 0.730. The number of carbonyl (C=O) groups is 2. The number of hydrogen-bond donors (Lipinski definition) is 3. The van der Waals surface area contributed by atoms with Crippen LogP contribution in [0.2, 0.25) is 0 Å². The summed E-state index contributed by atoms with van der Waals surface area (Å²) in [7, 11) is 0. The Labute approximate surface area is 124 Å². The zero-order chi connectivity index (χ0) is 14.7. The summed E-state index contributed by atoms with van der Waals surface area (Å²) >= 11 is 0. The summed E-state index contributed by atoms with van der Waals surface area (Å²) in [6.45, 7) is 2.13. The molecule has 3 rings (SSSR count). The minimum absolute atomic E-state index is 0.0133. The van der Waals surface area contributed by atoms with E-state index >= 15 is 0 Å². The molecular formula is C16H21N3O2. The number of piperidine rings is 1. The van der Waals surface area contributed by atoms with Gasteiger partial charge in [0.25, 0.3) is 0 Å². The van der Waals surface area contributed by atoms with Gasteiger partial charge in [-0.2, -0.15) is 0 Å². The number of hydrogen-bond acceptors (Lipinski definition) is 3. The van der Waals surface area contributed by atoms with Crippen molar-refractivity contribution in [3.63, 3.8) is 0 Å². The van der Waals surface area contributed by atoms with Crippen LogP contribution in [0, 0.1) is 5.92 Å². The lowest BCUT2D eigenvalue weighted by Crippen LogP contribution is -2.28. The van der Waals surface area contributed by atoms with E-state index in [4.69, 9.17) is 0 Å². The lowest BCUT2D eigenvalue weighted by molar-refractivity contribution is -0.116. The van der Waals surface area contributed by atoms with E-state index in [9.17, 15) is 9.59 Å². The first kappa shape index (κ1) is 14.1. The van der Waals surface area contributed by atoms with Gasteiger partial charge in [0, 0.05) is 17.8 Å². The maximum atomic E-state index is 12.0. The van der Waals surface area contributed by atoms with Gasteiger partial charge in [0.1, 0.15) is 0 Å². The van der Waals surface area contributed by atoms with Crippen LogP contribution < -0.4 is 16.0 Å². The molecule has 2 heterocycles. The van der Waals surface area contributed by atoms with Gasteiger partial charge >= 0.3 is 0 Å². The fourth-order valence-corrected chi connectivity index (χ4v) is 3.02. The van der Waals surface area contributed by atoms with Crippen LogP contribution in [0.5, 0.6) is 0 Å². The van der Waals surface area contributed by atoms with Gasteiger partial charge in [-0.3, -0.25) is 9.59 Å². The number of rotatable bonds is 4. The van der Waals surface area contributed by atoms with Crippen molar-refractivity contribution < 1.29 is 9.59 Å². The molecule has 1 saturated heterocycles. The highest BCUT2D eigenvalue weighted by molar-refractivity contribution is 6.00. The summed E-state index contributed by atoms with van der Waals surface area (Å²) in [5, 5.41) is 9.05. The Morgan fingerprint density at radius 3 is 2.90 bits per heavy atom. The van der Waals surface area contributed by atoms with Gasteiger partial charge in [-0.15, -0.1) is 0 Å². The van der Waals surface area contributed by atoms with Gasteiger partial charge in [-0.05, 0) is 56.0 Å². The van der Waals surface area contributed by atoms with Gasteiger partial charge < -0.3 is 16.0 Å². The smallest absolute Gasteiger partial charge is 0.228 e. The number of fused-ring (bicyclic) bond motifs is 1. The zero-order valence-corrected chi connectivity index (χ0v) is 12.1. The highest BCUT2D eigenvalue weighted by Gasteiger charge is 2.18. The predicted octanol–water partition coefficient (Wildman–Crippen LogP) is 1.90. The topological polar surface area (TPSA) is 70.2 Å². The number of benzene rings is 1. The summed E-state index contributed by atoms with van der Waals surface area (Å²) in [6.07, 6.45) is 4.28. The third-order valence-electron chi connectivity index (χ3n) is 4.26. The van der Waals surface area contributed by atoms with Crippen LogP contribution in [-0.2, 0) is 16.0 Å². The molecule has 1 aromatic rings. The highest BCUT2D eigenvalue weighted by atomic mass is 16.2. The van der Waals surface area contributed by atoms with Crippen molar-refractivity contribution in [2.75, 3.05) is 23.7 Å². The summed E-state index contributed by atoms with van der Waals surface area (Å²) in [4.78, 5) is 23.3. The number of carbonyl (C=O) groups excluding carboxylic acids is 2. The van der Waals surface area contributed by atoms with Crippen molar-refractivity contribution >= 4 is 23.2 Å². The molecule has 21 heavy (non-hydrogen) atoms. The first-order valence-corrected chi connectivity index (χ1v) is 7.64. The minimum Gasteiger partial charge on any atom is -0.326 e. The molecule has 5 heteroatoms. The van der Waals surface area contributed by atoms with Crippen molar-refractivity contribution in [3.05, 3.63) is 23.8 Å². The van der Waals surface area contributed by atoms with E-state index in [1.807, 2.05) is 18.2 Å². The maximum Gasteiger partial charge on any atom is 0.228 e. The number of anilines is 2. The first-order chi connectivity index (χ1) is 10.2. The SMILES string of the molecule is O=C(CCC1CCNCC1)Nc1ccc2c(c1)NC(=O)C2. The average Bonchev–Trinajstić information content (AvgIpc) is 2.85. The zero-order valence-electron chi connectivity index (χ0n) is 12.1. The minimum atomic E-state index is 0.0133. The quantitative estimate of drug-likeness (QED) is 0.792. The van der Waals surface area contributed by atoms with Crippen LogP contribution >= 0.6 is 0 Å². The molecule has 0 aliphatic carbocycles. The predicted molar refractivity (Wildman–Crippen MR) is 82.2 cm³/mol. The first-order valence-electron chi connectivity index (χ1n) is 7.64. The van der Waals surface area contributed by atoms with Crippen molar-refractivity contribution in [2.45, 2.75) is 32.1 Å². The molecule has 112 valence electrons. The van der Waals surface area contributed by atoms with Gasteiger partial charge in [0.2, 0.25) is 11.8 Å². The Morgan fingerprint density at radius 2 is 2.10 bits per heavy atom. The Bertz CT molecular complexity index is 550. The van der Waals surface area contributed by atoms with E-state index in [1.165, 1.54) is 0 Å². The van der Waals surface area contributed by atoms with E-state index in [0.717, 1.165) is 49.3 Å². The van der Waals surface area contributed by atoms with E-state index in [0.29, 0.717) is 18.8 Å². The third kappa shape index (κ3) is 3.61. The molecule has 0 radical (unpaired) electrons. The van der Waals surface area contributed by atoms with Crippen LogP contribution in [0.3, 0.4) is 0 Å². The van der Waals surface area contributed by atoms with E-state index in [1.54, 1.807) is 0 Å². The molecule has 2 aliphatic heterocycles. The molecule has 1 aromatic carbocycles. The maximum absolute atomic E-state index is 12.0. The molecule has 0 atom stereocenters. The molecule has 0 saturated carbocycles. The summed E-state index contributed by atoms with van der Waals surface area (Å²) in [5.41, 5.74) is 2.56. The molecule has 0 unspecified atom stereocenters. The largest absolute Gasteiger partial charge is 0.326 e. The molecule has 1 fully saturated rings. The Kier molecular flexibility index (Phi) is 4.20. The molecule has 3 N–H and O–H groups in total. The van der Waals surface area contributed by atoms with Crippen molar-refractivity contribution in [1.29, 1.82) is 0 Å². The molecule has 0 bridgehead atoms. The summed E-state index contributed by atoms with van der Waals surface area (Å²) in [6, 6.07) is 5.60. The molecule has 0 aromatic heterocycles. The molecule has 2 amide bonds. The monoisotopic (exact) mass is 287 g/mol. The van der Waals surface area contributed by atoms with Crippen molar-refractivity contribution in [2.24, 2.45) is 5.92 Å².